The van der Waals surface area contributed by atoms with E-state index in [-0.39, 0.29) is 5.82 Å². The lowest BCUT2D eigenvalue weighted by atomic mass is 10.00. The van der Waals surface area contributed by atoms with Crippen molar-refractivity contribution in [3.05, 3.63) is 35.6 Å². The molecular formula is C17H26FN3. The highest BCUT2D eigenvalue weighted by Gasteiger charge is 2.18. The number of guanidine groups is 1. The lowest BCUT2D eigenvalue weighted by Crippen LogP contribution is -2.45. The Morgan fingerprint density at radius 1 is 1.38 bits per heavy atom. The first-order valence-corrected chi connectivity index (χ1v) is 7.89. The average Bonchev–Trinajstić information content (AvgIpc) is 2.49. The molecule has 0 saturated carbocycles. The number of nitrogens with zero attached hydrogens (tertiary/aromatic N) is 2. The van der Waals surface area contributed by atoms with Crippen molar-refractivity contribution in [2.45, 2.75) is 32.6 Å². The van der Waals surface area contributed by atoms with Crippen molar-refractivity contribution in [2.75, 3.05) is 26.7 Å². The van der Waals surface area contributed by atoms with Crippen LogP contribution >= 0.6 is 0 Å². The van der Waals surface area contributed by atoms with Crippen LogP contribution in [-0.2, 0) is 6.42 Å². The summed E-state index contributed by atoms with van der Waals surface area (Å²) in [6, 6.07) is 6.84. The molecule has 0 atom stereocenters. The molecule has 3 nitrogen and oxygen atoms in total. The molecule has 1 aromatic rings. The number of hydrogen-bond acceptors (Lipinski definition) is 1. The summed E-state index contributed by atoms with van der Waals surface area (Å²) in [7, 11) is 1.84. The molecule has 1 aliphatic rings. The Morgan fingerprint density at radius 2 is 2.14 bits per heavy atom. The molecular weight excluding hydrogens is 265 g/mol. The Kier molecular flexibility index (Phi) is 6.03. The third-order valence-corrected chi connectivity index (χ3v) is 4.11. The smallest absolute Gasteiger partial charge is 0.193 e. The molecule has 0 spiro atoms. The van der Waals surface area contributed by atoms with E-state index in [9.17, 15) is 4.39 Å². The van der Waals surface area contributed by atoms with Crippen LogP contribution in [0.3, 0.4) is 0 Å². The van der Waals surface area contributed by atoms with Crippen molar-refractivity contribution in [1.29, 1.82) is 0 Å². The van der Waals surface area contributed by atoms with Gasteiger partial charge in [-0.25, -0.2) is 4.39 Å². The Bertz CT molecular complexity index is 465. The van der Waals surface area contributed by atoms with E-state index >= 15 is 0 Å². The summed E-state index contributed by atoms with van der Waals surface area (Å²) in [5.41, 5.74) is 1.05. The maximum Gasteiger partial charge on any atom is 0.193 e. The van der Waals surface area contributed by atoms with Crippen molar-refractivity contribution in [1.82, 2.24) is 10.2 Å². The maximum absolute atomic E-state index is 13.1. The van der Waals surface area contributed by atoms with Crippen LogP contribution in [0.25, 0.3) is 0 Å². The standard InChI is InChI=1S/C17H26FN3/c1-14-8-11-21(12-9-14)17(19-2)20-10-4-6-15-5-3-7-16(18)13-15/h3,5,7,13-14H,4,6,8-12H2,1-2H3,(H,19,20). The zero-order chi connectivity index (χ0) is 15.1. The van der Waals surface area contributed by atoms with Crippen LogP contribution in [0.1, 0.15) is 31.7 Å². The van der Waals surface area contributed by atoms with Crippen LogP contribution < -0.4 is 5.32 Å². The fourth-order valence-corrected chi connectivity index (χ4v) is 2.74. The predicted octanol–water partition coefficient (Wildman–Crippen LogP) is 3.07. The third kappa shape index (κ3) is 5.03. The Hall–Kier alpha value is -1.58. The molecule has 0 unspecified atom stereocenters. The lowest BCUT2D eigenvalue weighted by molar-refractivity contribution is 0.273. The summed E-state index contributed by atoms with van der Waals surface area (Å²) >= 11 is 0. The van der Waals surface area contributed by atoms with Crippen molar-refractivity contribution >= 4 is 5.96 Å². The van der Waals surface area contributed by atoms with Gasteiger partial charge in [0.1, 0.15) is 5.82 Å². The van der Waals surface area contributed by atoms with E-state index in [0.717, 1.165) is 49.9 Å². The Morgan fingerprint density at radius 3 is 2.81 bits per heavy atom. The lowest BCUT2D eigenvalue weighted by Gasteiger charge is -2.32. The van der Waals surface area contributed by atoms with Crippen LogP contribution in [0, 0.1) is 11.7 Å². The number of benzene rings is 1. The Balaban J connectivity index is 1.71. The molecule has 116 valence electrons. The SMILES string of the molecule is CN=C(NCCCc1cccc(F)c1)N1CCC(C)CC1. The van der Waals surface area contributed by atoms with Gasteiger partial charge in [0.25, 0.3) is 0 Å². The van der Waals surface area contributed by atoms with Gasteiger partial charge in [0.15, 0.2) is 5.96 Å². The summed E-state index contributed by atoms with van der Waals surface area (Å²) in [4.78, 5) is 6.70. The first-order chi connectivity index (χ1) is 10.2. The number of aliphatic imine (C=N–C) groups is 1. The maximum atomic E-state index is 13.1. The minimum absolute atomic E-state index is 0.154. The van der Waals surface area contributed by atoms with E-state index in [0.29, 0.717) is 0 Å². The molecule has 1 heterocycles. The monoisotopic (exact) mass is 291 g/mol. The molecule has 0 amide bonds. The van der Waals surface area contributed by atoms with Gasteiger partial charge in [-0.3, -0.25) is 4.99 Å². The second kappa shape index (κ2) is 8.01. The Labute approximate surface area is 127 Å². The minimum Gasteiger partial charge on any atom is -0.356 e. The molecule has 0 aromatic heterocycles. The fourth-order valence-electron chi connectivity index (χ4n) is 2.74. The summed E-state index contributed by atoms with van der Waals surface area (Å²) in [5.74, 6) is 1.67. The van der Waals surface area contributed by atoms with Gasteiger partial charge >= 0.3 is 0 Å². The van der Waals surface area contributed by atoms with E-state index < -0.39 is 0 Å². The number of likely N-dealkylation sites (tertiary alicyclic amines) is 1. The summed E-state index contributed by atoms with van der Waals surface area (Å²) < 4.78 is 13.1. The molecule has 2 rings (SSSR count). The van der Waals surface area contributed by atoms with Gasteiger partial charge in [-0.05, 0) is 49.3 Å². The van der Waals surface area contributed by atoms with Gasteiger partial charge in [-0.15, -0.1) is 0 Å². The number of rotatable bonds is 4. The first-order valence-electron chi connectivity index (χ1n) is 7.89. The van der Waals surface area contributed by atoms with Crippen LogP contribution in [0.5, 0.6) is 0 Å². The highest BCUT2D eigenvalue weighted by molar-refractivity contribution is 5.79. The van der Waals surface area contributed by atoms with E-state index in [1.807, 2.05) is 13.1 Å². The van der Waals surface area contributed by atoms with Crippen LogP contribution in [0.15, 0.2) is 29.3 Å². The van der Waals surface area contributed by atoms with Gasteiger partial charge < -0.3 is 10.2 Å². The number of nitrogens with one attached hydrogen (secondary N) is 1. The van der Waals surface area contributed by atoms with E-state index in [1.54, 1.807) is 12.1 Å². The highest BCUT2D eigenvalue weighted by atomic mass is 19.1. The van der Waals surface area contributed by atoms with Crippen LogP contribution in [-0.4, -0.2) is 37.5 Å². The molecule has 0 radical (unpaired) electrons. The van der Waals surface area contributed by atoms with E-state index in [4.69, 9.17) is 0 Å². The molecule has 0 bridgehead atoms. The van der Waals surface area contributed by atoms with Gasteiger partial charge in [-0.2, -0.15) is 0 Å². The topological polar surface area (TPSA) is 27.6 Å². The largest absolute Gasteiger partial charge is 0.356 e. The molecule has 0 aliphatic carbocycles. The van der Waals surface area contributed by atoms with Crippen LogP contribution in [0.2, 0.25) is 0 Å². The molecule has 21 heavy (non-hydrogen) atoms. The number of piperidine rings is 1. The zero-order valence-corrected chi connectivity index (χ0v) is 13.1. The molecule has 1 fully saturated rings. The molecule has 1 aliphatic heterocycles. The number of halogens is 1. The second-order valence-electron chi connectivity index (χ2n) is 5.88. The van der Waals surface area contributed by atoms with Crippen molar-refractivity contribution in [3.8, 4) is 0 Å². The fraction of sp³-hybridized carbons (Fsp3) is 0.588. The average molecular weight is 291 g/mol. The molecule has 1 saturated heterocycles. The van der Waals surface area contributed by atoms with Crippen LogP contribution in [0.4, 0.5) is 4.39 Å². The van der Waals surface area contributed by atoms with Crippen molar-refractivity contribution in [3.63, 3.8) is 0 Å². The van der Waals surface area contributed by atoms with E-state index in [1.165, 1.54) is 18.9 Å². The summed E-state index contributed by atoms with van der Waals surface area (Å²) in [6.07, 6.45) is 4.35. The van der Waals surface area contributed by atoms with Crippen molar-refractivity contribution in [2.24, 2.45) is 10.9 Å². The third-order valence-electron chi connectivity index (χ3n) is 4.11. The van der Waals surface area contributed by atoms with E-state index in [2.05, 4.69) is 22.1 Å². The van der Waals surface area contributed by atoms with Gasteiger partial charge in [-0.1, -0.05) is 19.1 Å². The molecule has 4 heteroatoms. The van der Waals surface area contributed by atoms with Gasteiger partial charge in [0, 0.05) is 26.7 Å². The molecule has 1 N–H and O–H groups in total. The second-order valence-corrected chi connectivity index (χ2v) is 5.88. The molecule has 1 aromatic carbocycles. The van der Waals surface area contributed by atoms with Gasteiger partial charge in [0.2, 0.25) is 0 Å². The quantitative estimate of drug-likeness (QED) is 0.524. The minimum atomic E-state index is -0.154. The number of hydrogen-bond donors (Lipinski definition) is 1. The summed E-state index contributed by atoms with van der Waals surface area (Å²) in [6.45, 7) is 5.36. The summed E-state index contributed by atoms with van der Waals surface area (Å²) in [5, 5.41) is 3.42. The van der Waals surface area contributed by atoms with Crippen molar-refractivity contribution < 1.29 is 4.39 Å². The normalized spacial score (nSPS) is 17.1. The predicted molar refractivity (Wildman–Crippen MR) is 86.1 cm³/mol. The van der Waals surface area contributed by atoms with Gasteiger partial charge in [0.05, 0.1) is 0 Å². The first kappa shape index (κ1) is 15.8. The number of aryl methyl sites for hydroxylation is 1. The highest BCUT2D eigenvalue weighted by Crippen LogP contribution is 2.15. The zero-order valence-electron chi connectivity index (χ0n) is 13.1.